The second-order valence-electron chi connectivity index (χ2n) is 5.44. The number of alkyl halides is 1. The highest BCUT2D eigenvalue weighted by molar-refractivity contribution is 6.32. The molecule has 2 atom stereocenters. The van der Waals surface area contributed by atoms with Crippen molar-refractivity contribution in [1.82, 2.24) is 5.32 Å². The van der Waals surface area contributed by atoms with Crippen LogP contribution < -0.4 is 5.32 Å². The highest BCUT2D eigenvalue weighted by atomic mass is 35.5. The monoisotopic (exact) mass is 383 g/mol. The van der Waals surface area contributed by atoms with Gasteiger partial charge < -0.3 is 20.3 Å². The molecule has 134 valence electrons. The normalized spacial score (nSPS) is 13.1. The highest BCUT2D eigenvalue weighted by Crippen LogP contribution is 2.24. The summed E-state index contributed by atoms with van der Waals surface area (Å²) in [5.41, 5.74) is 1.97. The lowest BCUT2D eigenvalue weighted by Gasteiger charge is -2.19. The minimum absolute atomic E-state index is 0.127. The molecule has 0 heterocycles. The maximum absolute atomic E-state index is 11.7. The van der Waals surface area contributed by atoms with Crippen molar-refractivity contribution in [1.29, 1.82) is 0 Å². The maximum Gasteiger partial charge on any atom is 0.407 e. The van der Waals surface area contributed by atoms with E-state index in [4.69, 9.17) is 27.9 Å². The SMILES string of the molecule is O=C(NCC(O)C(O)c1ccc(Cl)c(CCl)c1)OCc1ccccc1. The second kappa shape index (κ2) is 9.63. The van der Waals surface area contributed by atoms with Crippen LogP contribution in [0, 0.1) is 0 Å². The molecule has 0 aliphatic rings. The first-order chi connectivity index (χ1) is 12.0. The van der Waals surface area contributed by atoms with Gasteiger partial charge in [0, 0.05) is 17.4 Å². The molecule has 1 amide bonds. The van der Waals surface area contributed by atoms with Crippen LogP contribution in [-0.4, -0.2) is 29.0 Å². The van der Waals surface area contributed by atoms with E-state index in [0.29, 0.717) is 16.1 Å². The average Bonchev–Trinajstić information content (AvgIpc) is 2.65. The highest BCUT2D eigenvalue weighted by Gasteiger charge is 2.20. The van der Waals surface area contributed by atoms with E-state index in [1.807, 2.05) is 30.3 Å². The number of carbonyl (C=O) groups is 1. The molecular weight excluding hydrogens is 365 g/mol. The summed E-state index contributed by atoms with van der Waals surface area (Å²) in [7, 11) is 0. The van der Waals surface area contributed by atoms with E-state index in [1.54, 1.807) is 18.2 Å². The van der Waals surface area contributed by atoms with Gasteiger partial charge in [-0.05, 0) is 22.8 Å². The van der Waals surface area contributed by atoms with Crippen molar-refractivity contribution >= 4 is 29.3 Å². The number of aliphatic hydroxyl groups excluding tert-OH is 2. The fraction of sp³-hybridized carbons (Fsp3) is 0.278. The molecule has 0 aliphatic heterocycles. The predicted molar refractivity (Wildman–Crippen MR) is 96.6 cm³/mol. The number of halogens is 2. The fourth-order valence-electron chi connectivity index (χ4n) is 2.18. The number of amides is 1. The van der Waals surface area contributed by atoms with Gasteiger partial charge in [0.15, 0.2) is 0 Å². The third-order valence-electron chi connectivity index (χ3n) is 3.59. The zero-order valence-corrected chi connectivity index (χ0v) is 14.9. The Hall–Kier alpha value is -1.79. The second-order valence-corrected chi connectivity index (χ2v) is 6.11. The molecular formula is C18H19Cl2NO4. The summed E-state index contributed by atoms with van der Waals surface area (Å²) in [6, 6.07) is 14.0. The van der Waals surface area contributed by atoms with Crippen molar-refractivity contribution in [3.63, 3.8) is 0 Å². The van der Waals surface area contributed by atoms with Crippen LogP contribution in [0.2, 0.25) is 5.02 Å². The molecule has 25 heavy (non-hydrogen) atoms. The number of benzene rings is 2. The lowest BCUT2D eigenvalue weighted by Crippen LogP contribution is -2.35. The van der Waals surface area contributed by atoms with Crippen LogP contribution in [0.1, 0.15) is 22.8 Å². The molecule has 0 radical (unpaired) electrons. The number of nitrogens with one attached hydrogen (secondary N) is 1. The van der Waals surface area contributed by atoms with Gasteiger partial charge in [-0.3, -0.25) is 0 Å². The quantitative estimate of drug-likeness (QED) is 0.640. The molecule has 2 rings (SSSR count). The summed E-state index contributed by atoms with van der Waals surface area (Å²) < 4.78 is 5.04. The molecule has 2 aromatic rings. The molecule has 0 bridgehead atoms. The molecule has 0 saturated carbocycles. The van der Waals surface area contributed by atoms with Crippen molar-refractivity contribution in [3.05, 3.63) is 70.2 Å². The molecule has 2 unspecified atom stereocenters. The van der Waals surface area contributed by atoms with Gasteiger partial charge >= 0.3 is 6.09 Å². The zero-order valence-electron chi connectivity index (χ0n) is 13.4. The third kappa shape index (κ3) is 5.90. The Labute approximate surface area is 156 Å². The molecule has 5 nitrogen and oxygen atoms in total. The molecule has 7 heteroatoms. The fourth-order valence-corrected chi connectivity index (χ4v) is 2.65. The Morgan fingerprint density at radius 2 is 1.88 bits per heavy atom. The summed E-state index contributed by atoms with van der Waals surface area (Å²) in [5.74, 6) is 0.194. The van der Waals surface area contributed by atoms with E-state index in [1.165, 1.54) is 0 Å². The topological polar surface area (TPSA) is 78.8 Å². The van der Waals surface area contributed by atoms with Crippen molar-refractivity contribution in [2.24, 2.45) is 0 Å². The first-order valence-corrected chi connectivity index (χ1v) is 8.57. The van der Waals surface area contributed by atoms with E-state index >= 15 is 0 Å². The number of alkyl carbamates (subject to hydrolysis) is 1. The zero-order chi connectivity index (χ0) is 18.2. The largest absolute Gasteiger partial charge is 0.445 e. The van der Waals surface area contributed by atoms with Gasteiger partial charge in [-0.1, -0.05) is 54.1 Å². The lowest BCUT2D eigenvalue weighted by molar-refractivity contribution is 0.0184. The number of rotatable bonds is 7. The van der Waals surface area contributed by atoms with E-state index in [2.05, 4.69) is 5.32 Å². The summed E-state index contributed by atoms with van der Waals surface area (Å²) in [6.45, 7) is -0.0325. The van der Waals surface area contributed by atoms with Gasteiger partial charge in [-0.15, -0.1) is 11.6 Å². The smallest absolute Gasteiger partial charge is 0.407 e. The predicted octanol–water partition coefficient (Wildman–Crippen LogP) is 3.40. The van der Waals surface area contributed by atoms with Crippen LogP contribution in [0.5, 0.6) is 0 Å². The number of ether oxygens (including phenoxy) is 1. The molecule has 3 N–H and O–H groups in total. The van der Waals surface area contributed by atoms with E-state index in [-0.39, 0.29) is 19.0 Å². The Balaban J connectivity index is 1.82. The first-order valence-electron chi connectivity index (χ1n) is 7.66. The van der Waals surface area contributed by atoms with Gasteiger partial charge in [-0.25, -0.2) is 4.79 Å². The van der Waals surface area contributed by atoms with Crippen molar-refractivity contribution in [2.75, 3.05) is 6.54 Å². The Morgan fingerprint density at radius 1 is 1.16 bits per heavy atom. The molecule has 0 fully saturated rings. The Kier molecular flexibility index (Phi) is 7.52. The van der Waals surface area contributed by atoms with E-state index in [9.17, 15) is 15.0 Å². The summed E-state index contributed by atoms with van der Waals surface area (Å²) in [4.78, 5) is 11.7. The molecule has 0 aromatic heterocycles. The van der Waals surface area contributed by atoms with E-state index < -0.39 is 18.3 Å². The van der Waals surface area contributed by atoms with Gasteiger partial charge in [0.25, 0.3) is 0 Å². The summed E-state index contributed by atoms with van der Waals surface area (Å²) >= 11 is 11.7. The maximum atomic E-state index is 11.7. The number of carbonyl (C=O) groups excluding carboxylic acids is 1. The van der Waals surface area contributed by atoms with Gasteiger partial charge in [0.1, 0.15) is 18.8 Å². The van der Waals surface area contributed by atoms with Crippen molar-refractivity contribution in [3.8, 4) is 0 Å². The molecule has 0 spiro atoms. The van der Waals surface area contributed by atoms with Crippen LogP contribution in [-0.2, 0) is 17.2 Å². The summed E-state index contributed by atoms with van der Waals surface area (Å²) in [6.07, 6.45) is -3.06. The summed E-state index contributed by atoms with van der Waals surface area (Å²) in [5, 5.41) is 23.2. The van der Waals surface area contributed by atoms with Crippen molar-refractivity contribution < 1.29 is 19.7 Å². The number of hydrogen-bond donors (Lipinski definition) is 3. The van der Waals surface area contributed by atoms with Gasteiger partial charge in [-0.2, -0.15) is 0 Å². The lowest BCUT2D eigenvalue weighted by atomic mass is 10.0. The minimum atomic E-state index is -1.20. The number of aliphatic hydroxyl groups is 2. The number of hydrogen-bond acceptors (Lipinski definition) is 4. The average molecular weight is 384 g/mol. The first kappa shape index (κ1) is 19.5. The van der Waals surface area contributed by atoms with Crippen LogP contribution in [0.25, 0.3) is 0 Å². The van der Waals surface area contributed by atoms with Gasteiger partial charge in [0.2, 0.25) is 0 Å². The van der Waals surface area contributed by atoms with Crippen LogP contribution in [0.4, 0.5) is 4.79 Å². The van der Waals surface area contributed by atoms with Crippen molar-refractivity contribution in [2.45, 2.75) is 24.7 Å². The van der Waals surface area contributed by atoms with Crippen LogP contribution >= 0.6 is 23.2 Å². The van der Waals surface area contributed by atoms with Crippen LogP contribution in [0.3, 0.4) is 0 Å². The Morgan fingerprint density at radius 3 is 2.56 bits per heavy atom. The molecule has 0 aliphatic carbocycles. The van der Waals surface area contributed by atoms with E-state index in [0.717, 1.165) is 5.56 Å². The van der Waals surface area contributed by atoms with Gasteiger partial charge in [0.05, 0.1) is 0 Å². The molecule has 0 saturated heterocycles. The minimum Gasteiger partial charge on any atom is -0.445 e. The Bertz CT molecular complexity index is 697. The standard InChI is InChI=1S/C18H19Cl2NO4/c19-9-14-8-13(6-7-15(14)20)17(23)16(22)10-21-18(24)25-11-12-4-2-1-3-5-12/h1-8,16-17,22-23H,9-11H2,(H,21,24). The third-order valence-corrected chi connectivity index (χ3v) is 4.24. The van der Waals surface area contributed by atoms with Crippen LogP contribution in [0.15, 0.2) is 48.5 Å². The molecule has 2 aromatic carbocycles.